The molecule has 0 amide bonds. The molecule has 0 aliphatic rings. The Balaban J connectivity index is 0.00000361. The van der Waals surface area contributed by atoms with Crippen LogP contribution in [0.3, 0.4) is 0 Å². The topological polar surface area (TPSA) is 36.4 Å². The second kappa shape index (κ2) is 8.39. The highest BCUT2D eigenvalue weighted by molar-refractivity contribution is 14.0. The molecule has 0 spiro atoms. The van der Waals surface area contributed by atoms with E-state index < -0.39 is 5.82 Å². The lowest BCUT2D eigenvalue weighted by molar-refractivity contribution is 0.501. The normalized spacial score (nSPS) is 11.8. The van der Waals surface area contributed by atoms with Gasteiger partial charge in [-0.05, 0) is 51.0 Å². The molecule has 0 aliphatic carbocycles. The van der Waals surface area contributed by atoms with E-state index in [1.807, 2.05) is 20.8 Å². The largest absolute Gasteiger partial charge is 0.356 e. The maximum absolute atomic E-state index is 13.4. The van der Waals surface area contributed by atoms with Crippen LogP contribution in [0, 0.1) is 11.6 Å². The number of halogens is 3. The van der Waals surface area contributed by atoms with E-state index in [1.54, 1.807) is 7.05 Å². The van der Waals surface area contributed by atoms with Gasteiger partial charge >= 0.3 is 0 Å². The molecule has 1 rings (SSSR count). The van der Waals surface area contributed by atoms with Gasteiger partial charge in [-0.1, -0.05) is 0 Å². The predicted octanol–water partition coefficient (Wildman–Crippen LogP) is 3.09. The summed E-state index contributed by atoms with van der Waals surface area (Å²) in [5.74, 6) is -0.167. The lowest BCUT2D eigenvalue weighted by Crippen LogP contribution is -2.48. The first-order valence-corrected chi connectivity index (χ1v) is 6.24. The fourth-order valence-electron chi connectivity index (χ4n) is 1.58. The molecule has 0 unspecified atom stereocenters. The van der Waals surface area contributed by atoms with Gasteiger partial charge in [-0.25, -0.2) is 8.78 Å². The first kappa shape index (κ1) is 19.1. The third-order valence-corrected chi connectivity index (χ3v) is 2.41. The van der Waals surface area contributed by atoms with E-state index in [2.05, 4.69) is 15.6 Å². The van der Waals surface area contributed by atoms with Crippen LogP contribution in [-0.2, 0) is 6.42 Å². The van der Waals surface area contributed by atoms with E-state index in [0.717, 1.165) is 12.1 Å². The van der Waals surface area contributed by atoms with Crippen molar-refractivity contribution in [1.82, 2.24) is 10.6 Å². The predicted molar refractivity (Wildman–Crippen MR) is 89.7 cm³/mol. The standard InChI is InChI=1S/C14H21F2N3.HI/c1-14(2,3)19-13(17-4)18-8-7-10-9-11(15)5-6-12(10)16;/h5-6,9H,7-8H2,1-4H3,(H2,17,18,19);1H. The Morgan fingerprint density at radius 2 is 1.90 bits per heavy atom. The zero-order chi connectivity index (χ0) is 14.5. The molecule has 2 N–H and O–H groups in total. The molecule has 0 radical (unpaired) electrons. The number of guanidine groups is 1. The van der Waals surface area contributed by atoms with Crippen LogP contribution in [0.25, 0.3) is 0 Å². The second-order valence-corrected chi connectivity index (χ2v) is 5.36. The van der Waals surface area contributed by atoms with Crippen molar-refractivity contribution < 1.29 is 8.78 Å². The van der Waals surface area contributed by atoms with Crippen LogP contribution in [0.5, 0.6) is 0 Å². The van der Waals surface area contributed by atoms with Crippen LogP contribution in [0.2, 0.25) is 0 Å². The molecule has 0 saturated carbocycles. The highest BCUT2D eigenvalue weighted by atomic mass is 127. The smallest absolute Gasteiger partial charge is 0.191 e. The van der Waals surface area contributed by atoms with E-state index in [0.29, 0.717) is 24.5 Å². The lowest BCUT2D eigenvalue weighted by atomic mass is 10.1. The molecule has 0 heterocycles. The summed E-state index contributed by atoms with van der Waals surface area (Å²) < 4.78 is 26.4. The van der Waals surface area contributed by atoms with Gasteiger partial charge in [-0.2, -0.15) is 0 Å². The Morgan fingerprint density at radius 3 is 2.45 bits per heavy atom. The van der Waals surface area contributed by atoms with Gasteiger partial charge in [0.05, 0.1) is 0 Å². The van der Waals surface area contributed by atoms with Gasteiger partial charge in [0.25, 0.3) is 0 Å². The molecule has 0 atom stereocenters. The van der Waals surface area contributed by atoms with Gasteiger partial charge in [-0.3, -0.25) is 4.99 Å². The van der Waals surface area contributed by atoms with Gasteiger partial charge in [0.1, 0.15) is 11.6 Å². The SMILES string of the molecule is CN=C(NCCc1cc(F)ccc1F)NC(C)(C)C.I. The zero-order valence-corrected chi connectivity index (χ0v) is 14.6. The third-order valence-electron chi connectivity index (χ3n) is 2.41. The third kappa shape index (κ3) is 7.02. The summed E-state index contributed by atoms with van der Waals surface area (Å²) in [5.41, 5.74) is 0.255. The van der Waals surface area contributed by atoms with Gasteiger partial charge in [0.2, 0.25) is 0 Å². The zero-order valence-electron chi connectivity index (χ0n) is 12.3. The molecule has 0 aliphatic heterocycles. The van der Waals surface area contributed by atoms with Crippen molar-refractivity contribution in [3.8, 4) is 0 Å². The number of benzene rings is 1. The summed E-state index contributed by atoms with van der Waals surface area (Å²) in [5, 5.41) is 6.26. The fourth-order valence-corrected chi connectivity index (χ4v) is 1.58. The van der Waals surface area contributed by atoms with Gasteiger partial charge < -0.3 is 10.6 Å². The molecule has 6 heteroatoms. The summed E-state index contributed by atoms with van der Waals surface area (Å²) in [7, 11) is 1.67. The Bertz CT molecular complexity index is 456. The van der Waals surface area contributed by atoms with E-state index >= 15 is 0 Å². The first-order valence-electron chi connectivity index (χ1n) is 6.24. The number of nitrogens with zero attached hydrogens (tertiary/aromatic N) is 1. The van der Waals surface area contributed by atoms with E-state index in [-0.39, 0.29) is 35.3 Å². The fraction of sp³-hybridized carbons (Fsp3) is 0.500. The Kier molecular flexibility index (Phi) is 8.00. The van der Waals surface area contributed by atoms with Crippen molar-refractivity contribution in [2.24, 2.45) is 4.99 Å². The molecule has 0 aromatic heterocycles. The monoisotopic (exact) mass is 397 g/mol. The van der Waals surface area contributed by atoms with Crippen LogP contribution in [0.15, 0.2) is 23.2 Å². The van der Waals surface area contributed by atoms with Gasteiger partial charge in [0.15, 0.2) is 5.96 Å². The number of hydrogen-bond acceptors (Lipinski definition) is 1. The molecule has 0 saturated heterocycles. The minimum atomic E-state index is -0.423. The summed E-state index contributed by atoms with van der Waals surface area (Å²) in [6, 6.07) is 3.48. The number of aliphatic imine (C=N–C) groups is 1. The van der Waals surface area contributed by atoms with Crippen LogP contribution in [0.1, 0.15) is 26.3 Å². The van der Waals surface area contributed by atoms with Crippen LogP contribution < -0.4 is 10.6 Å². The minimum Gasteiger partial charge on any atom is -0.356 e. The Morgan fingerprint density at radius 1 is 1.25 bits per heavy atom. The summed E-state index contributed by atoms with van der Waals surface area (Å²) in [4.78, 5) is 4.07. The van der Waals surface area contributed by atoms with E-state index in [4.69, 9.17) is 0 Å². The number of hydrogen-bond donors (Lipinski definition) is 2. The van der Waals surface area contributed by atoms with Gasteiger partial charge in [-0.15, -0.1) is 24.0 Å². The minimum absolute atomic E-state index is 0. The molecular formula is C14H22F2IN3. The highest BCUT2D eigenvalue weighted by Gasteiger charge is 2.11. The second-order valence-electron chi connectivity index (χ2n) is 5.36. The summed E-state index contributed by atoms with van der Waals surface area (Å²) in [6.45, 7) is 6.54. The maximum atomic E-state index is 13.4. The van der Waals surface area contributed by atoms with E-state index in [9.17, 15) is 8.78 Å². The maximum Gasteiger partial charge on any atom is 0.191 e. The van der Waals surface area contributed by atoms with Crippen LogP contribution in [-0.4, -0.2) is 25.1 Å². The Hall–Kier alpha value is -0.920. The molecule has 1 aromatic carbocycles. The molecule has 1 aromatic rings. The van der Waals surface area contributed by atoms with Crippen molar-refractivity contribution in [3.63, 3.8) is 0 Å². The van der Waals surface area contributed by atoms with Crippen molar-refractivity contribution in [3.05, 3.63) is 35.4 Å². The van der Waals surface area contributed by atoms with Gasteiger partial charge in [0, 0.05) is 19.1 Å². The highest BCUT2D eigenvalue weighted by Crippen LogP contribution is 2.09. The molecule has 114 valence electrons. The molecule has 20 heavy (non-hydrogen) atoms. The average Bonchev–Trinajstić information content (AvgIpc) is 2.30. The first-order chi connectivity index (χ1) is 8.81. The van der Waals surface area contributed by atoms with Crippen molar-refractivity contribution in [1.29, 1.82) is 0 Å². The molecule has 3 nitrogen and oxygen atoms in total. The van der Waals surface area contributed by atoms with Crippen molar-refractivity contribution in [2.45, 2.75) is 32.7 Å². The van der Waals surface area contributed by atoms with Crippen molar-refractivity contribution in [2.75, 3.05) is 13.6 Å². The van der Waals surface area contributed by atoms with Crippen LogP contribution in [0.4, 0.5) is 8.78 Å². The molecule has 0 fully saturated rings. The number of nitrogens with one attached hydrogen (secondary N) is 2. The molecular weight excluding hydrogens is 375 g/mol. The molecule has 0 bridgehead atoms. The quantitative estimate of drug-likeness (QED) is 0.467. The number of rotatable bonds is 3. The van der Waals surface area contributed by atoms with E-state index in [1.165, 1.54) is 6.07 Å². The lowest BCUT2D eigenvalue weighted by Gasteiger charge is -2.23. The van der Waals surface area contributed by atoms with Crippen LogP contribution >= 0.6 is 24.0 Å². The van der Waals surface area contributed by atoms with Crippen molar-refractivity contribution >= 4 is 29.9 Å². The summed E-state index contributed by atoms with van der Waals surface area (Å²) >= 11 is 0. The summed E-state index contributed by atoms with van der Waals surface area (Å²) in [6.07, 6.45) is 0.397. The average molecular weight is 397 g/mol. The Labute approximate surface area is 136 Å².